The topological polar surface area (TPSA) is 17.1 Å². The van der Waals surface area contributed by atoms with Crippen LogP contribution in [-0.4, -0.2) is 5.78 Å². The molecule has 0 atom stereocenters. The third-order valence-electron chi connectivity index (χ3n) is 2.81. The van der Waals surface area contributed by atoms with Gasteiger partial charge in [0.05, 0.1) is 4.47 Å². The maximum Gasteiger partial charge on any atom is 0.193 e. The second kappa shape index (κ2) is 5.02. The molecule has 0 fully saturated rings. The normalized spacial score (nSPS) is 10.4. The average Bonchev–Trinajstić information content (AvgIpc) is 2.32. The Morgan fingerprint density at radius 1 is 1.11 bits per heavy atom. The van der Waals surface area contributed by atoms with Crippen LogP contribution in [0.3, 0.4) is 0 Å². The van der Waals surface area contributed by atoms with Crippen molar-refractivity contribution in [1.82, 2.24) is 0 Å². The van der Waals surface area contributed by atoms with Crippen molar-refractivity contribution in [2.24, 2.45) is 0 Å². The lowest BCUT2D eigenvalue weighted by molar-refractivity contribution is 0.103. The Kier molecular flexibility index (Phi) is 3.62. The predicted octanol–water partition coefficient (Wildman–Crippen LogP) is 4.44. The van der Waals surface area contributed by atoms with Gasteiger partial charge in [0.1, 0.15) is 5.82 Å². The first-order chi connectivity index (χ1) is 8.49. The van der Waals surface area contributed by atoms with Crippen LogP contribution in [0.2, 0.25) is 0 Å². The fourth-order valence-electron chi connectivity index (χ4n) is 1.86. The summed E-state index contributed by atoms with van der Waals surface area (Å²) in [5.74, 6) is -0.579. The molecule has 0 aliphatic heterocycles. The van der Waals surface area contributed by atoms with Gasteiger partial charge in [0.2, 0.25) is 0 Å². The van der Waals surface area contributed by atoms with Crippen LogP contribution in [0, 0.1) is 19.7 Å². The molecule has 2 aromatic rings. The molecule has 0 heterocycles. The molecule has 0 spiro atoms. The molecule has 0 amide bonds. The first kappa shape index (κ1) is 13.0. The van der Waals surface area contributed by atoms with Gasteiger partial charge in [-0.1, -0.05) is 23.8 Å². The van der Waals surface area contributed by atoms with Crippen molar-refractivity contribution in [3.8, 4) is 0 Å². The van der Waals surface area contributed by atoms with Crippen LogP contribution in [0.5, 0.6) is 0 Å². The van der Waals surface area contributed by atoms with Gasteiger partial charge in [-0.05, 0) is 53.5 Å². The van der Waals surface area contributed by atoms with Gasteiger partial charge in [-0.2, -0.15) is 0 Å². The molecule has 0 saturated heterocycles. The van der Waals surface area contributed by atoms with Gasteiger partial charge in [0.15, 0.2) is 5.78 Å². The highest BCUT2D eigenvalue weighted by atomic mass is 79.9. The average molecular weight is 307 g/mol. The van der Waals surface area contributed by atoms with E-state index in [0.717, 1.165) is 11.1 Å². The highest BCUT2D eigenvalue weighted by Crippen LogP contribution is 2.20. The molecule has 0 aliphatic carbocycles. The monoisotopic (exact) mass is 306 g/mol. The largest absolute Gasteiger partial charge is 0.289 e. The third-order valence-corrected chi connectivity index (χ3v) is 3.45. The van der Waals surface area contributed by atoms with Crippen LogP contribution >= 0.6 is 15.9 Å². The zero-order valence-electron chi connectivity index (χ0n) is 10.1. The molecule has 0 aromatic heterocycles. The number of halogens is 2. The van der Waals surface area contributed by atoms with Crippen molar-refractivity contribution < 1.29 is 9.18 Å². The van der Waals surface area contributed by atoms with E-state index < -0.39 is 5.82 Å². The summed E-state index contributed by atoms with van der Waals surface area (Å²) >= 11 is 3.07. The molecule has 3 heteroatoms. The van der Waals surface area contributed by atoms with Gasteiger partial charge in [-0.15, -0.1) is 0 Å². The minimum Gasteiger partial charge on any atom is -0.289 e. The zero-order chi connectivity index (χ0) is 13.3. The zero-order valence-corrected chi connectivity index (χ0v) is 11.7. The Bertz CT molecular complexity index is 620. The maximum atomic E-state index is 13.4. The van der Waals surface area contributed by atoms with Crippen LogP contribution < -0.4 is 0 Å². The molecule has 0 saturated carbocycles. The van der Waals surface area contributed by atoms with E-state index in [1.54, 1.807) is 18.2 Å². The molecule has 0 radical (unpaired) electrons. The molecule has 2 rings (SSSR count). The molecule has 0 N–H and O–H groups in total. The molecular weight excluding hydrogens is 295 g/mol. The minimum atomic E-state index is -0.425. The van der Waals surface area contributed by atoms with Crippen molar-refractivity contribution in [1.29, 1.82) is 0 Å². The van der Waals surface area contributed by atoms with Gasteiger partial charge in [-0.25, -0.2) is 4.39 Å². The summed E-state index contributed by atoms with van der Waals surface area (Å²) in [6, 6.07) is 10.0. The van der Waals surface area contributed by atoms with E-state index in [1.807, 2.05) is 26.0 Å². The number of rotatable bonds is 2. The van der Waals surface area contributed by atoms with Gasteiger partial charge < -0.3 is 0 Å². The lowest BCUT2D eigenvalue weighted by atomic mass is 9.97. The first-order valence-corrected chi connectivity index (χ1v) is 6.35. The number of hydrogen-bond donors (Lipinski definition) is 0. The summed E-state index contributed by atoms with van der Waals surface area (Å²) in [6.07, 6.45) is 0. The fraction of sp³-hybridized carbons (Fsp3) is 0.133. The SMILES string of the molecule is Cc1ccc(C(=O)c2ccc(Br)c(F)c2)c(C)c1. The number of aryl methyl sites for hydroxylation is 2. The molecular formula is C15H12BrFO. The van der Waals surface area contributed by atoms with E-state index in [-0.39, 0.29) is 5.78 Å². The van der Waals surface area contributed by atoms with Crippen molar-refractivity contribution >= 4 is 21.7 Å². The highest BCUT2D eigenvalue weighted by Gasteiger charge is 2.13. The van der Waals surface area contributed by atoms with Gasteiger partial charge in [-0.3, -0.25) is 4.79 Å². The molecule has 18 heavy (non-hydrogen) atoms. The maximum absolute atomic E-state index is 13.4. The van der Waals surface area contributed by atoms with Crippen LogP contribution in [0.1, 0.15) is 27.0 Å². The van der Waals surface area contributed by atoms with Crippen LogP contribution in [-0.2, 0) is 0 Å². The van der Waals surface area contributed by atoms with Gasteiger partial charge in [0.25, 0.3) is 0 Å². The van der Waals surface area contributed by atoms with E-state index in [1.165, 1.54) is 6.07 Å². The first-order valence-electron chi connectivity index (χ1n) is 5.56. The van der Waals surface area contributed by atoms with Crippen LogP contribution in [0.15, 0.2) is 40.9 Å². The van der Waals surface area contributed by atoms with Crippen molar-refractivity contribution in [2.75, 3.05) is 0 Å². The van der Waals surface area contributed by atoms with E-state index in [0.29, 0.717) is 15.6 Å². The van der Waals surface area contributed by atoms with Crippen molar-refractivity contribution in [3.05, 3.63) is 68.9 Å². The fourth-order valence-corrected chi connectivity index (χ4v) is 2.11. The second-order valence-electron chi connectivity index (χ2n) is 4.28. The van der Waals surface area contributed by atoms with Crippen LogP contribution in [0.25, 0.3) is 0 Å². The molecule has 0 bridgehead atoms. The molecule has 2 aromatic carbocycles. The molecule has 92 valence electrons. The lowest BCUT2D eigenvalue weighted by Crippen LogP contribution is -2.04. The van der Waals surface area contributed by atoms with E-state index >= 15 is 0 Å². The molecule has 0 unspecified atom stereocenters. The van der Waals surface area contributed by atoms with E-state index in [9.17, 15) is 9.18 Å². The van der Waals surface area contributed by atoms with Gasteiger partial charge >= 0.3 is 0 Å². The van der Waals surface area contributed by atoms with E-state index in [4.69, 9.17) is 0 Å². The Hall–Kier alpha value is -1.48. The van der Waals surface area contributed by atoms with Crippen molar-refractivity contribution in [2.45, 2.75) is 13.8 Å². The summed E-state index contributed by atoms with van der Waals surface area (Å²) in [5.41, 5.74) is 2.99. The minimum absolute atomic E-state index is 0.154. The Morgan fingerprint density at radius 3 is 2.44 bits per heavy atom. The van der Waals surface area contributed by atoms with Gasteiger partial charge in [0, 0.05) is 11.1 Å². The molecule has 1 nitrogen and oxygen atoms in total. The number of hydrogen-bond acceptors (Lipinski definition) is 1. The summed E-state index contributed by atoms with van der Waals surface area (Å²) in [7, 11) is 0. The summed E-state index contributed by atoms with van der Waals surface area (Å²) in [4.78, 5) is 12.3. The smallest absolute Gasteiger partial charge is 0.193 e. The quantitative estimate of drug-likeness (QED) is 0.750. The molecule has 0 aliphatic rings. The van der Waals surface area contributed by atoms with Crippen LogP contribution in [0.4, 0.5) is 4.39 Å². The highest BCUT2D eigenvalue weighted by molar-refractivity contribution is 9.10. The number of ketones is 1. The predicted molar refractivity (Wildman–Crippen MR) is 73.4 cm³/mol. The third kappa shape index (κ3) is 2.51. The number of benzene rings is 2. The Morgan fingerprint density at radius 2 is 1.83 bits per heavy atom. The summed E-state index contributed by atoms with van der Waals surface area (Å²) in [5, 5.41) is 0. The number of carbonyl (C=O) groups excluding carboxylic acids is 1. The van der Waals surface area contributed by atoms with E-state index in [2.05, 4.69) is 15.9 Å². The second-order valence-corrected chi connectivity index (χ2v) is 5.13. The standard InChI is InChI=1S/C15H12BrFO/c1-9-3-5-12(10(2)7-9)15(18)11-4-6-13(16)14(17)8-11/h3-8H,1-2H3. The Labute approximate surface area is 114 Å². The summed E-state index contributed by atoms with van der Waals surface area (Å²) in [6.45, 7) is 3.86. The summed E-state index contributed by atoms with van der Waals surface area (Å²) < 4.78 is 13.8. The number of carbonyl (C=O) groups is 1. The Balaban J connectivity index is 2.44. The lowest BCUT2D eigenvalue weighted by Gasteiger charge is -2.06. The van der Waals surface area contributed by atoms with Crippen molar-refractivity contribution in [3.63, 3.8) is 0 Å².